The van der Waals surface area contributed by atoms with Crippen LogP contribution < -0.4 is 15.5 Å². The molecule has 1 heterocycles. The number of carbonyl (C=O) groups excluding carboxylic acids is 4. The van der Waals surface area contributed by atoms with Gasteiger partial charge in [-0.15, -0.1) is 11.8 Å². The van der Waals surface area contributed by atoms with Gasteiger partial charge in [-0.1, -0.05) is 47.5 Å². The van der Waals surface area contributed by atoms with E-state index in [9.17, 15) is 29.3 Å². The Bertz CT molecular complexity index is 1850. The van der Waals surface area contributed by atoms with Crippen LogP contribution in [0.5, 0.6) is 0 Å². The van der Waals surface area contributed by atoms with Gasteiger partial charge in [0.1, 0.15) is 5.70 Å². The summed E-state index contributed by atoms with van der Waals surface area (Å²) in [5, 5.41) is 16.2. The number of anilines is 2. The maximum Gasteiger partial charge on any atom is 0.272 e. The van der Waals surface area contributed by atoms with Crippen LogP contribution in [-0.2, 0) is 14.4 Å². The van der Waals surface area contributed by atoms with Crippen molar-refractivity contribution < 1.29 is 24.1 Å². The van der Waals surface area contributed by atoms with Gasteiger partial charge in [-0.2, -0.15) is 0 Å². The first-order chi connectivity index (χ1) is 21.6. The number of carbonyl (C=O) groups is 4. The van der Waals surface area contributed by atoms with Gasteiger partial charge in [0.25, 0.3) is 17.5 Å². The van der Waals surface area contributed by atoms with E-state index in [1.165, 1.54) is 54.2 Å². The number of amides is 4. The standard InChI is InChI=1S/C32H22Cl2N4O6S/c33-25-14-13-23(17-26(25)34)37-29(39)18-28(32(37)42)45-24-8-4-7-21(16-24)35-31(41)27(36-30(40)20-5-2-1-3-6-20)15-19-9-11-22(12-10-19)38(43)44/h1-17,28H,18H2,(H,35,41)(H,36,40)/b27-15-. The molecule has 1 saturated heterocycles. The maximum atomic E-state index is 13.4. The molecule has 1 fully saturated rings. The molecule has 0 bridgehead atoms. The number of imide groups is 1. The highest BCUT2D eigenvalue weighted by molar-refractivity contribution is 8.00. The molecule has 2 N–H and O–H groups in total. The van der Waals surface area contributed by atoms with Crippen LogP contribution in [0, 0.1) is 10.1 Å². The Morgan fingerprint density at radius 2 is 1.64 bits per heavy atom. The molecule has 4 amide bonds. The van der Waals surface area contributed by atoms with Gasteiger partial charge >= 0.3 is 0 Å². The van der Waals surface area contributed by atoms with Gasteiger partial charge in [0, 0.05) is 34.7 Å². The Labute approximate surface area is 271 Å². The monoisotopic (exact) mass is 660 g/mol. The van der Waals surface area contributed by atoms with Crippen LogP contribution in [0.15, 0.2) is 108 Å². The summed E-state index contributed by atoms with van der Waals surface area (Å²) in [5.74, 6) is -1.97. The molecule has 13 heteroatoms. The molecule has 4 aromatic carbocycles. The third-order valence-electron chi connectivity index (χ3n) is 6.58. The molecule has 0 radical (unpaired) electrons. The number of nitrogens with zero attached hydrogens (tertiary/aromatic N) is 2. The molecule has 4 aromatic rings. The number of nitro groups is 1. The summed E-state index contributed by atoms with van der Waals surface area (Å²) < 4.78 is 0. The minimum absolute atomic E-state index is 0.0338. The van der Waals surface area contributed by atoms with E-state index >= 15 is 0 Å². The van der Waals surface area contributed by atoms with E-state index in [1.54, 1.807) is 60.7 Å². The van der Waals surface area contributed by atoms with Crippen LogP contribution in [-0.4, -0.2) is 33.8 Å². The molecule has 1 aliphatic rings. The summed E-state index contributed by atoms with van der Waals surface area (Å²) in [6.07, 6.45) is 1.37. The summed E-state index contributed by atoms with van der Waals surface area (Å²) in [6.45, 7) is 0. The van der Waals surface area contributed by atoms with Crippen molar-refractivity contribution in [2.24, 2.45) is 0 Å². The zero-order chi connectivity index (χ0) is 32.1. The largest absolute Gasteiger partial charge is 0.321 e. The highest BCUT2D eigenvalue weighted by Gasteiger charge is 2.40. The summed E-state index contributed by atoms with van der Waals surface area (Å²) in [4.78, 5) is 64.5. The van der Waals surface area contributed by atoms with E-state index in [0.717, 1.165) is 4.90 Å². The second-order valence-corrected chi connectivity index (χ2v) is 11.8. The zero-order valence-corrected chi connectivity index (χ0v) is 25.4. The Kier molecular flexibility index (Phi) is 9.62. The first-order valence-corrected chi connectivity index (χ1v) is 14.9. The molecule has 226 valence electrons. The number of hydrogen-bond acceptors (Lipinski definition) is 7. The fraction of sp³-hybridized carbons (Fsp3) is 0.0625. The van der Waals surface area contributed by atoms with Crippen molar-refractivity contribution in [1.29, 1.82) is 0 Å². The molecule has 10 nitrogen and oxygen atoms in total. The smallest absolute Gasteiger partial charge is 0.272 e. The molecule has 0 aliphatic carbocycles. The van der Waals surface area contributed by atoms with E-state index < -0.39 is 27.9 Å². The molecule has 1 atom stereocenters. The van der Waals surface area contributed by atoms with Gasteiger partial charge in [0.15, 0.2) is 0 Å². The second kappa shape index (κ2) is 13.8. The number of halogens is 2. The van der Waals surface area contributed by atoms with E-state index in [-0.39, 0.29) is 28.7 Å². The molecule has 5 rings (SSSR count). The second-order valence-electron chi connectivity index (χ2n) is 9.69. The summed E-state index contributed by atoms with van der Waals surface area (Å²) in [5.41, 5.74) is 1.23. The number of hydrogen-bond donors (Lipinski definition) is 2. The molecule has 1 aliphatic heterocycles. The van der Waals surface area contributed by atoms with Crippen molar-refractivity contribution in [2.45, 2.75) is 16.6 Å². The molecule has 0 saturated carbocycles. The lowest BCUT2D eigenvalue weighted by Gasteiger charge is -2.16. The van der Waals surface area contributed by atoms with Crippen molar-refractivity contribution in [1.82, 2.24) is 5.32 Å². The summed E-state index contributed by atoms with van der Waals surface area (Å²) >= 11 is 13.2. The number of thioether (sulfide) groups is 1. The average molecular weight is 662 g/mol. The van der Waals surface area contributed by atoms with E-state index in [2.05, 4.69) is 10.6 Å². The average Bonchev–Trinajstić information content (AvgIpc) is 3.30. The van der Waals surface area contributed by atoms with Gasteiger partial charge in [-0.3, -0.25) is 29.3 Å². The molecule has 0 spiro atoms. The number of rotatable bonds is 9. The highest BCUT2D eigenvalue weighted by atomic mass is 35.5. The van der Waals surface area contributed by atoms with Crippen LogP contribution in [0.4, 0.5) is 17.1 Å². The Morgan fingerprint density at radius 3 is 2.33 bits per heavy atom. The Balaban J connectivity index is 1.33. The first kappa shape index (κ1) is 31.5. The van der Waals surface area contributed by atoms with Crippen LogP contribution in [0.3, 0.4) is 0 Å². The molecule has 45 heavy (non-hydrogen) atoms. The van der Waals surface area contributed by atoms with Crippen molar-refractivity contribution in [2.75, 3.05) is 10.2 Å². The Hall–Kier alpha value is -4.97. The molecule has 0 aromatic heterocycles. The zero-order valence-electron chi connectivity index (χ0n) is 23.1. The van der Waals surface area contributed by atoms with Crippen molar-refractivity contribution in [3.63, 3.8) is 0 Å². The van der Waals surface area contributed by atoms with Gasteiger partial charge in [-0.25, -0.2) is 4.90 Å². The lowest BCUT2D eigenvalue weighted by Crippen LogP contribution is -2.31. The highest BCUT2D eigenvalue weighted by Crippen LogP contribution is 2.36. The SMILES string of the molecule is O=C(Nc1cccc(SC2CC(=O)N(c3ccc(Cl)c(Cl)c3)C2=O)c1)/C(=C/c1ccc([N+](=O)[O-])cc1)NC(=O)c1ccccc1. The minimum Gasteiger partial charge on any atom is -0.321 e. The molecule has 1 unspecified atom stereocenters. The van der Waals surface area contributed by atoms with Gasteiger partial charge < -0.3 is 10.6 Å². The normalized spacial score (nSPS) is 14.8. The van der Waals surface area contributed by atoms with Gasteiger partial charge in [0.05, 0.1) is 25.9 Å². The van der Waals surface area contributed by atoms with Crippen LogP contribution in [0.1, 0.15) is 22.3 Å². The van der Waals surface area contributed by atoms with Crippen LogP contribution in [0.25, 0.3) is 6.08 Å². The predicted octanol–water partition coefficient (Wildman–Crippen LogP) is 6.74. The predicted molar refractivity (Wildman–Crippen MR) is 173 cm³/mol. The Morgan fingerprint density at radius 1 is 0.911 bits per heavy atom. The fourth-order valence-electron chi connectivity index (χ4n) is 4.40. The van der Waals surface area contributed by atoms with Crippen molar-refractivity contribution in [3.05, 3.63) is 134 Å². The van der Waals surface area contributed by atoms with E-state index in [0.29, 0.717) is 32.4 Å². The molecular weight excluding hydrogens is 639 g/mol. The summed E-state index contributed by atoms with van der Waals surface area (Å²) in [7, 11) is 0. The van der Waals surface area contributed by atoms with Gasteiger partial charge in [-0.05, 0) is 72.3 Å². The summed E-state index contributed by atoms with van der Waals surface area (Å²) in [6, 6.07) is 25.0. The van der Waals surface area contributed by atoms with Crippen molar-refractivity contribution >= 4 is 81.7 Å². The third kappa shape index (κ3) is 7.58. The number of non-ortho nitro benzene ring substituents is 1. The lowest BCUT2D eigenvalue weighted by molar-refractivity contribution is -0.384. The topological polar surface area (TPSA) is 139 Å². The molecular formula is C32H22Cl2N4O6S. The van der Waals surface area contributed by atoms with Crippen LogP contribution >= 0.6 is 35.0 Å². The van der Waals surface area contributed by atoms with Crippen LogP contribution in [0.2, 0.25) is 10.0 Å². The fourth-order valence-corrected chi connectivity index (χ4v) is 5.81. The van der Waals surface area contributed by atoms with E-state index in [4.69, 9.17) is 23.2 Å². The van der Waals surface area contributed by atoms with Crippen molar-refractivity contribution in [3.8, 4) is 0 Å². The number of nitrogens with one attached hydrogen (secondary N) is 2. The lowest BCUT2D eigenvalue weighted by atomic mass is 10.1. The van der Waals surface area contributed by atoms with Gasteiger partial charge in [0.2, 0.25) is 11.8 Å². The van der Waals surface area contributed by atoms with E-state index in [1.807, 2.05) is 0 Å². The quantitative estimate of drug-likeness (QED) is 0.0877. The minimum atomic E-state index is -0.708. The first-order valence-electron chi connectivity index (χ1n) is 13.3. The number of nitro benzene ring substituents is 1. The maximum absolute atomic E-state index is 13.4. The third-order valence-corrected chi connectivity index (χ3v) is 8.50. The number of benzene rings is 4.